The van der Waals surface area contributed by atoms with Crippen molar-refractivity contribution in [2.24, 2.45) is 5.73 Å². The maximum Gasteiger partial charge on any atom is 0.0663 e. The lowest BCUT2D eigenvalue weighted by Crippen LogP contribution is -2.04. The molecule has 2 aromatic rings. The number of halogens is 1. The Morgan fingerprint density at radius 3 is 2.71 bits per heavy atom. The Hall–Kier alpha value is -1.32. The summed E-state index contributed by atoms with van der Waals surface area (Å²) in [6.45, 7) is 4.63. The number of nitrogens with two attached hydrogens (primary N) is 1. The first kappa shape index (κ1) is 12.1. The third kappa shape index (κ3) is 2.51. The van der Waals surface area contributed by atoms with Crippen molar-refractivity contribution in [2.75, 3.05) is 6.54 Å². The lowest BCUT2D eigenvalue weighted by atomic mass is 10.2. The van der Waals surface area contributed by atoms with Gasteiger partial charge in [0.25, 0.3) is 0 Å². The molecule has 0 aliphatic carbocycles. The van der Waals surface area contributed by atoms with Gasteiger partial charge in [0, 0.05) is 17.1 Å². The lowest BCUT2D eigenvalue weighted by Gasteiger charge is -2.06. The molecule has 0 spiro atoms. The van der Waals surface area contributed by atoms with Crippen molar-refractivity contribution in [2.45, 2.75) is 20.3 Å². The Morgan fingerprint density at radius 2 is 2.06 bits per heavy atom. The van der Waals surface area contributed by atoms with Crippen LogP contribution in [0.25, 0.3) is 5.69 Å². The van der Waals surface area contributed by atoms with Crippen LogP contribution in [0.1, 0.15) is 17.0 Å². The molecule has 0 atom stereocenters. The summed E-state index contributed by atoms with van der Waals surface area (Å²) < 4.78 is 1.90. The van der Waals surface area contributed by atoms with Gasteiger partial charge in [-0.3, -0.25) is 0 Å². The van der Waals surface area contributed by atoms with Crippen LogP contribution in [-0.4, -0.2) is 16.3 Å². The number of aryl methyl sites for hydroxylation is 2. The highest BCUT2D eigenvalue weighted by molar-refractivity contribution is 6.31. The van der Waals surface area contributed by atoms with Gasteiger partial charge in [0.05, 0.1) is 11.4 Å². The molecule has 1 aromatic carbocycles. The monoisotopic (exact) mass is 249 g/mol. The van der Waals surface area contributed by atoms with Gasteiger partial charge < -0.3 is 5.73 Å². The average molecular weight is 250 g/mol. The number of nitrogens with zero attached hydrogens (tertiary/aromatic N) is 2. The minimum absolute atomic E-state index is 0.616. The van der Waals surface area contributed by atoms with Crippen molar-refractivity contribution < 1.29 is 0 Å². The predicted molar refractivity (Wildman–Crippen MR) is 70.8 cm³/mol. The van der Waals surface area contributed by atoms with Gasteiger partial charge in [0.2, 0.25) is 0 Å². The van der Waals surface area contributed by atoms with Crippen LogP contribution in [0.5, 0.6) is 0 Å². The van der Waals surface area contributed by atoms with E-state index in [1.54, 1.807) is 0 Å². The zero-order valence-electron chi connectivity index (χ0n) is 10.1. The van der Waals surface area contributed by atoms with Crippen molar-refractivity contribution in [3.63, 3.8) is 0 Å². The third-order valence-corrected chi connectivity index (χ3v) is 3.15. The van der Waals surface area contributed by atoms with E-state index < -0.39 is 0 Å². The van der Waals surface area contributed by atoms with Crippen molar-refractivity contribution >= 4 is 11.6 Å². The van der Waals surface area contributed by atoms with Crippen molar-refractivity contribution in [3.05, 3.63) is 46.2 Å². The normalized spacial score (nSPS) is 10.8. The van der Waals surface area contributed by atoms with E-state index >= 15 is 0 Å². The van der Waals surface area contributed by atoms with Crippen LogP contribution in [0.15, 0.2) is 24.3 Å². The van der Waals surface area contributed by atoms with Gasteiger partial charge in [0.15, 0.2) is 0 Å². The van der Waals surface area contributed by atoms with Crippen LogP contribution in [-0.2, 0) is 6.42 Å². The fourth-order valence-electron chi connectivity index (χ4n) is 1.78. The number of aromatic nitrogens is 2. The number of benzene rings is 1. The largest absolute Gasteiger partial charge is 0.330 e. The molecule has 0 amide bonds. The second-order valence-corrected chi connectivity index (χ2v) is 4.57. The van der Waals surface area contributed by atoms with Crippen LogP contribution in [0.4, 0.5) is 0 Å². The Balaban J connectivity index is 2.41. The maximum atomic E-state index is 6.12. The highest BCUT2D eigenvalue weighted by Crippen LogP contribution is 2.20. The van der Waals surface area contributed by atoms with Crippen molar-refractivity contribution in [3.8, 4) is 5.69 Å². The van der Waals surface area contributed by atoms with E-state index in [-0.39, 0.29) is 0 Å². The van der Waals surface area contributed by atoms with Crippen LogP contribution < -0.4 is 5.73 Å². The van der Waals surface area contributed by atoms with Gasteiger partial charge in [-0.1, -0.05) is 17.7 Å². The molecule has 0 unspecified atom stereocenters. The van der Waals surface area contributed by atoms with E-state index in [0.29, 0.717) is 6.54 Å². The summed E-state index contributed by atoms with van der Waals surface area (Å²) in [5, 5.41) is 5.28. The molecule has 2 N–H and O–H groups in total. The summed E-state index contributed by atoms with van der Waals surface area (Å²) in [6.07, 6.45) is 0.799. The van der Waals surface area contributed by atoms with Gasteiger partial charge in [0.1, 0.15) is 0 Å². The first-order valence-corrected chi connectivity index (χ1v) is 6.01. The second kappa shape index (κ2) is 4.90. The summed E-state index contributed by atoms with van der Waals surface area (Å²) in [4.78, 5) is 0. The SMILES string of the molecule is Cc1ccc(-n2nc(CCN)cc2C)cc1Cl. The van der Waals surface area contributed by atoms with Gasteiger partial charge in [-0.15, -0.1) is 0 Å². The molecule has 1 heterocycles. The second-order valence-electron chi connectivity index (χ2n) is 4.16. The van der Waals surface area contributed by atoms with Gasteiger partial charge >= 0.3 is 0 Å². The number of hydrogen-bond acceptors (Lipinski definition) is 2. The van der Waals surface area contributed by atoms with E-state index in [4.69, 9.17) is 17.3 Å². The topological polar surface area (TPSA) is 43.8 Å². The Bertz CT molecular complexity index is 531. The van der Waals surface area contributed by atoms with E-state index in [9.17, 15) is 0 Å². The van der Waals surface area contributed by atoms with Gasteiger partial charge in [-0.2, -0.15) is 5.10 Å². The Kier molecular flexibility index (Phi) is 3.50. The quantitative estimate of drug-likeness (QED) is 0.909. The molecule has 0 fully saturated rings. The van der Waals surface area contributed by atoms with Crippen LogP contribution in [0, 0.1) is 13.8 Å². The molecule has 90 valence electrons. The first-order valence-electron chi connectivity index (χ1n) is 5.64. The average Bonchev–Trinajstić information content (AvgIpc) is 2.64. The lowest BCUT2D eigenvalue weighted by molar-refractivity contribution is 0.804. The fraction of sp³-hybridized carbons (Fsp3) is 0.308. The van der Waals surface area contributed by atoms with E-state index in [1.807, 2.05) is 36.7 Å². The Morgan fingerprint density at radius 1 is 1.29 bits per heavy atom. The molecule has 1 aromatic heterocycles. The molecular formula is C13H16ClN3. The standard InChI is InChI=1S/C13H16ClN3/c1-9-3-4-12(8-13(9)14)17-10(2)7-11(16-17)5-6-15/h3-4,7-8H,5-6,15H2,1-2H3. The van der Waals surface area contributed by atoms with E-state index in [0.717, 1.165) is 34.1 Å². The van der Waals surface area contributed by atoms with E-state index in [2.05, 4.69) is 11.2 Å². The summed E-state index contributed by atoms with van der Waals surface area (Å²) >= 11 is 6.12. The number of hydrogen-bond donors (Lipinski definition) is 1. The molecule has 4 heteroatoms. The maximum absolute atomic E-state index is 6.12. The van der Waals surface area contributed by atoms with Gasteiger partial charge in [-0.05, 0) is 44.2 Å². The summed E-state index contributed by atoms with van der Waals surface area (Å²) in [5.41, 5.74) is 9.70. The summed E-state index contributed by atoms with van der Waals surface area (Å²) in [7, 11) is 0. The Labute approximate surface area is 106 Å². The summed E-state index contributed by atoms with van der Waals surface area (Å²) in [5.74, 6) is 0. The predicted octanol–water partition coefficient (Wildman–Crippen LogP) is 2.64. The molecule has 2 rings (SSSR count). The zero-order chi connectivity index (χ0) is 12.4. The number of rotatable bonds is 3. The van der Waals surface area contributed by atoms with E-state index in [1.165, 1.54) is 0 Å². The third-order valence-electron chi connectivity index (χ3n) is 2.74. The molecule has 0 saturated heterocycles. The first-order chi connectivity index (χ1) is 8.11. The van der Waals surface area contributed by atoms with Gasteiger partial charge in [-0.25, -0.2) is 4.68 Å². The zero-order valence-corrected chi connectivity index (χ0v) is 10.8. The molecule has 17 heavy (non-hydrogen) atoms. The van der Waals surface area contributed by atoms with Crippen LogP contribution >= 0.6 is 11.6 Å². The smallest absolute Gasteiger partial charge is 0.0663 e. The molecule has 0 aliphatic heterocycles. The van der Waals surface area contributed by atoms with Crippen LogP contribution in [0.2, 0.25) is 5.02 Å². The minimum atomic E-state index is 0.616. The molecule has 0 radical (unpaired) electrons. The van der Waals surface area contributed by atoms with Crippen molar-refractivity contribution in [1.82, 2.24) is 9.78 Å². The highest BCUT2D eigenvalue weighted by atomic mass is 35.5. The van der Waals surface area contributed by atoms with Crippen LogP contribution in [0.3, 0.4) is 0 Å². The van der Waals surface area contributed by atoms with Crippen molar-refractivity contribution in [1.29, 1.82) is 0 Å². The molecule has 0 saturated carbocycles. The molecule has 0 aliphatic rings. The summed E-state index contributed by atoms with van der Waals surface area (Å²) in [6, 6.07) is 8.01. The molecular weight excluding hydrogens is 234 g/mol. The molecule has 3 nitrogen and oxygen atoms in total. The minimum Gasteiger partial charge on any atom is -0.330 e. The molecule has 0 bridgehead atoms. The fourth-order valence-corrected chi connectivity index (χ4v) is 1.96. The highest BCUT2D eigenvalue weighted by Gasteiger charge is 2.06.